The lowest BCUT2D eigenvalue weighted by atomic mass is 9.87. The van der Waals surface area contributed by atoms with Gasteiger partial charge in [0.1, 0.15) is 0 Å². The van der Waals surface area contributed by atoms with Gasteiger partial charge in [0.05, 0.1) is 11.2 Å². The summed E-state index contributed by atoms with van der Waals surface area (Å²) in [6.07, 6.45) is 0. The number of hydrogen-bond acceptors (Lipinski definition) is 1. The number of para-hydroxylation sites is 1. The van der Waals surface area contributed by atoms with Gasteiger partial charge in [-0.05, 0) is 107 Å². The Kier molecular flexibility index (Phi) is 5.35. The number of hydrogen-bond donors (Lipinski definition) is 0. The molecule has 1 aromatic heterocycles. The Morgan fingerprint density at radius 1 is 0.326 bits per heavy atom. The second-order valence-electron chi connectivity index (χ2n) is 12.3. The molecule has 1 nitrogen and oxygen atoms in total. The van der Waals surface area contributed by atoms with Crippen LogP contribution in [-0.2, 0) is 0 Å². The number of nitrogens with zero attached hydrogens (tertiary/aromatic N) is 1. The first-order valence-corrected chi connectivity index (χ1v) is 15.9. The van der Waals surface area contributed by atoms with Gasteiger partial charge in [0.2, 0.25) is 0 Å². The quantitative estimate of drug-likeness (QED) is 0.189. The average molecular weight is 582 g/mol. The van der Waals surface area contributed by atoms with Gasteiger partial charge in [-0.15, -0.1) is 0 Å². The maximum absolute atomic E-state index is 5.22. The molecule has 0 bridgehead atoms. The number of aromatic nitrogens is 1. The van der Waals surface area contributed by atoms with Gasteiger partial charge in [0.15, 0.2) is 0 Å². The molecule has 1 heterocycles. The smallest absolute Gasteiger partial charge is 0.0716 e. The number of fused-ring (bicyclic) bond motifs is 8. The van der Waals surface area contributed by atoms with E-state index in [0.717, 1.165) is 22.2 Å². The molecular weight excluding hydrogens is 555 g/mol. The average Bonchev–Trinajstić information content (AvgIpc) is 3.46. The molecule has 0 saturated carbocycles. The van der Waals surface area contributed by atoms with Gasteiger partial charge in [-0.3, -0.25) is 0 Å². The summed E-state index contributed by atoms with van der Waals surface area (Å²) in [6.45, 7) is 0. The highest BCUT2D eigenvalue weighted by Crippen LogP contribution is 2.54. The minimum absolute atomic E-state index is 0.993. The van der Waals surface area contributed by atoms with Crippen molar-refractivity contribution in [1.29, 1.82) is 0 Å². The van der Waals surface area contributed by atoms with Crippen LogP contribution < -0.4 is 0 Å². The summed E-state index contributed by atoms with van der Waals surface area (Å²) >= 11 is 0. The minimum atomic E-state index is 0.993. The lowest BCUT2D eigenvalue weighted by molar-refractivity contribution is 1.41. The van der Waals surface area contributed by atoms with E-state index in [1.807, 2.05) is 0 Å². The van der Waals surface area contributed by atoms with Crippen LogP contribution in [0.3, 0.4) is 0 Å². The third-order valence-electron chi connectivity index (χ3n) is 9.79. The van der Waals surface area contributed by atoms with Crippen molar-refractivity contribution in [3.63, 3.8) is 0 Å². The highest BCUT2D eigenvalue weighted by atomic mass is 14.7. The van der Waals surface area contributed by atoms with Gasteiger partial charge in [0, 0.05) is 10.9 Å². The molecule has 9 aromatic rings. The fourth-order valence-electron chi connectivity index (χ4n) is 7.67. The highest BCUT2D eigenvalue weighted by molar-refractivity contribution is 6.30. The molecular formula is C45H27N. The zero-order chi connectivity index (χ0) is 30.2. The van der Waals surface area contributed by atoms with E-state index >= 15 is 0 Å². The molecule has 0 radical (unpaired) electrons. The monoisotopic (exact) mass is 581 g/mol. The first-order valence-electron chi connectivity index (χ1n) is 15.9. The molecule has 0 N–H and O–H groups in total. The molecule has 0 saturated heterocycles. The van der Waals surface area contributed by atoms with E-state index in [2.05, 4.69) is 164 Å². The molecule has 1 aliphatic rings. The molecule has 1 aliphatic carbocycles. The summed E-state index contributed by atoms with van der Waals surface area (Å²) < 4.78 is 0. The minimum Gasteiger partial charge on any atom is -0.248 e. The van der Waals surface area contributed by atoms with Crippen LogP contribution >= 0.6 is 0 Å². The van der Waals surface area contributed by atoms with E-state index in [9.17, 15) is 0 Å². The lowest BCUT2D eigenvalue weighted by Crippen LogP contribution is -1.91. The topological polar surface area (TPSA) is 12.9 Å². The lowest BCUT2D eigenvalue weighted by Gasteiger charge is -2.17. The van der Waals surface area contributed by atoms with Crippen LogP contribution in [0.1, 0.15) is 0 Å². The van der Waals surface area contributed by atoms with Crippen molar-refractivity contribution in [2.75, 3.05) is 0 Å². The predicted octanol–water partition coefficient (Wildman–Crippen LogP) is 12.3. The number of rotatable bonds is 3. The van der Waals surface area contributed by atoms with Crippen molar-refractivity contribution in [3.8, 4) is 55.8 Å². The Labute approximate surface area is 267 Å². The Bertz CT molecular complexity index is 2670. The summed E-state index contributed by atoms with van der Waals surface area (Å²) in [6, 6.07) is 59.6. The summed E-state index contributed by atoms with van der Waals surface area (Å²) in [5.74, 6) is 0. The molecule has 1 heteroatoms. The van der Waals surface area contributed by atoms with Crippen molar-refractivity contribution in [3.05, 3.63) is 164 Å². The van der Waals surface area contributed by atoms with Gasteiger partial charge in [-0.2, -0.15) is 0 Å². The van der Waals surface area contributed by atoms with E-state index in [4.69, 9.17) is 4.98 Å². The Morgan fingerprint density at radius 3 is 1.85 bits per heavy atom. The second kappa shape index (κ2) is 9.72. The van der Waals surface area contributed by atoms with E-state index in [1.54, 1.807) is 0 Å². The van der Waals surface area contributed by atoms with Crippen molar-refractivity contribution in [2.45, 2.75) is 0 Å². The van der Waals surface area contributed by atoms with Crippen molar-refractivity contribution < 1.29 is 0 Å². The second-order valence-corrected chi connectivity index (χ2v) is 12.3. The summed E-state index contributed by atoms with van der Waals surface area (Å²) in [7, 11) is 0. The van der Waals surface area contributed by atoms with E-state index in [-0.39, 0.29) is 0 Å². The van der Waals surface area contributed by atoms with Crippen LogP contribution in [0.25, 0.3) is 99.0 Å². The summed E-state index contributed by atoms with van der Waals surface area (Å²) in [5, 5.41) is 8.78. The van der Waals surface area contributed by atoms with Crippen LogP contribution in [0.2, 0.25) is 0 Å². The first kappa shape index (κ1) is 25.3. The standard InChI is InChI=1S/C45H27N/c1-3-11-28(12-4-1)31-19-21-34-37(25-31)40(43-24-20-30-15-7-10-18-42(30)46-43)26-39-36-23-22-32(29-13-5-2-6-14-29)44-35-17-9-8-16-33(35)41(45(36)44)27-38(34)39/h1-27H. The van der Waals surface area contributed by atoms with Crippen molar-refractivity contribution >= 4 is 43.2 Å². The van der Waals surface area contributed by atoms with Crippen LogP contribution in [0, 0.1) is 0 Å². The molecule has 0 unspecified atom stereocenters. The SMILES string of the molecule is c1ccc(-c2ccc3c(c2)c(-c2ccc4ccccc4n2)cc2c4ccc(-c5ccccc5)c5c4c(cc32)-c2ccccc2-5)cc1. The molecule has 0 aliphatic heterocycles. The van der Waals surface area contributed by atoms with Gasteiger partial charge < -0.3 is 0 Å². The highest BCUT2D eigenvalue weighted by Gasteiger charge is 2.26. The zero-order valence-electron chi connectivity index (χ0n) is 25.0. The van der Waals surface area contributed by atoms with E-state index in [0.29, 0.717) is 0 Å². The molecule has 212 valence electrons. The largest absolute Gasteiger partial charge is 0.248 e. The van der Waals surface area contributed by atoms with Gasteiger partial charge in [-0.1, -0.05) is 133 Å². The Balaban J connectivity index is 1.35. The van der Waals surface area contributed by atoms with Gasteiger partial charge >= 0.3 is 0 Å². The molecule has 8 aromatic carbocycles. The molecule has 46 heavy (non-hydrogen) atoms. The van der Waals surface area contributed by atoms with Crippen LogP contribution in [0.5, 0.6) is 0 Å². The molecule has 0 fully saturated rings. The maximum atomic E-state index is 5.22. The Morgan fingerprint density at radius 2 is 1.00 bits per heavy atom. The van der Waals surface area contributed by atoms with Crippen LogP contribution in [-0.4, -0.2) is 4.98 Å². The molecule has 10 rings (SSSR count). The molecule has 0 spiro atoms. The molecule has 0 amide bonds. The summed E-state index contributed by atoms with van der Waals surface area (Å²) in [4.78, 5) is 5.22. The normalized spacial score (nSPS) is 11.9. The Hall–Kier alpha value is -6.05. The van der Waals surface area contributed by atoms with Crippen molar-refractivity contribution in [2.24, 2.45) is 0 Å². The van der Waals surface area contributed by atoms with Gasteiger partial charge in [0.25, 0.3) is 0 Å². The number of benzene rings is 8. The zero-order valence-corrected chi connectivity index (χ0v) is 25.0. The summed E-state index contributed by atoms with van der Waals surface area (Å²) in [5.41, 5.74) is 13.4. The third-order valence-corrected chi connectivity index (χ3v) is 9.79. The van der Waals surface area contributed by atoms with Crippen LogP contribution in [0.15, 0.2) is 164 Å². The first-order chi connectivity index (χ1) is 22.8. The number of pyridine rings is 1. The maximum Gasteiger partial charge on any atom is 0.0716 e. The van der Waals surface area contributed by atoms with Crippen LogP contribution in [0.4, 0.5) is 0 Å². The third kappa shape index (κ3) is 3.66. The van der Waals surface area contributed by atoms with Gasteiger partial charge in [-0.25, -0.2) is 4.98 Å². The predicted molar refractivity (Wildman–Crippen MR) is 195 cm³/mol. The fraction of sp³-hybridized carbons (Fsp3) is 0. The molecule has 0 atom stereocenters. The fourth-order valence-corrected chi connectivity index (χ4v) is 7.67. The van der Waals surface area contributed by atoms with Crippen molar-refractivity contribution in [1.82, 2.24) is 4.98 Å². The van der Waals surface area contributed by atoms with E-state index < -0.39 is 0 Å². The van der Waals surface area contributed by atoms with E-state index in [1.165, 1.54) is 76.8 Å².